The van der Waals surface area contributed by atoms with E-state index in [-0.39, 0.29) is 12.0 Å². The van der Waals surface area contributed by atoms with Crippen LogP contribution in [0.15, 0.2) is 0 Å². The monoisotopic (exact) mass is 642 g/mol. The summed E-state index contributed by atoms with van der Waals surface area (Å²) in [5.74, 6) is -0.405. The Kier molecular flexibility index (Phi) is 17.1. The molecule has 15 heteroatoms. The molecule has 1 saturated heterocycles. The van der Waals surface area contributed by atoms with E-state index in [1.54, 1.807) is 20.8 Å². The molecule has 1 aliphatic heterocycles. The number of amides is 2. The summed E-state index contributed by atoms with van der Waals surface area (Å²) < 4.78 is 39.4. The number of phosphoric acid groups is 1. The molecule has 6 N–H and O–H groups in total. The van der Waals surface area contributed by atoms with Crippen LogP contribution in [0.25, 0.3) is 0 Å². The number of phosphoric ester groups is 1. The first-order valence-corrected chi connectivity index (χ1v) is 16.5. The maximum Gasteiger partial charge on any atom is 0.473 e. The first-order valence-electron chi connectivity index (χ1n) is 15.0. The van der Waals surface area contributed by atoms with Gasteiger partial charge in [0.05, 0.1) is 12.2 Å². The van der Waals surface area contributed by atoms with Crippen LogP contribution in [0.2, 0.25) is 0 Å². The molecule has 7 atom stereocenters. The molecule has 0 aromatic carbocycles. The number of rotatable bonds is 18. The van der Waals surface area contributed by atoms with Crippen molar-refractivity contribution in [1.29, 1.82) is 0 Å². The summed E-state index contributed by atoms with van der Waals surface area (Å²) in [5.41, 5.74) is -1.13. The molecule has 0 aromatic heterocycles. The van der Waals surface area contributed by atoms with Crippen LogP contribution in [0.1, 0.15) is 93.4 Å². The second kappa shape index (κ2) is 18.6. The lowest BCUT2D eigenvalue weighted by Crippen LogP contribution is -2.64. The average Bonchev–Trinajstić information content (AvgIpc) is 2.84. The van der Waals surface area contributed by atoms with Gasteiger partial charge in [-0.1, -0.05) is 46.5 Å². The van der Waals surface area contributed by atoms with Crippen molar-refractivity contribution in [3.63, 3.8) is 0 Å². The van der Waals surface area contributed by atoms with E-state index in [9.17, 15) is 34.4 Å². The van der Waals surface area contributed by atoms with Gasteiger partial charge in [0.2, 0.25) is 5.91 Å². The predicted molar refractivity (Wildman–Crippen MR) is 158 cm³/mol. The van der Waals surface area contributed by atoms with Gasteiger partial charge in [-0.25, -0.2) is 9.36 Å². The number of hydrogen-bond acceptors (Lipinski definition) is 11. The Bertz CT molecular complexity index is 879. The first-order chi connectivity index (χ1) is 19.8. The minimum Gasteiger partial charge on any atom is -0.447 e. The highest BCUT2D eigenvalue weighted by Crippen LogP contribution is 2.49. The molecule has 1 rings (SSSR count). The van der Waals surface area contributed by atoms with E-state index in [0.717, 1.165) is 32.1 Å². The normalized spacial score (nSPS) is 25.0. The third kappa shape index (κ3) is 17.7. The number of hydrogen-bond donors (Lipinski definition) is 6. The van der Waals surface area contributed by atoms with Crippen LogP contribution in [-0.2, 0) is 32.6 Å². The summed E-state index contributed by atoms with van der Waals surface area (Å²) in [6.45, 7) is 12.1. The molecule has 0 radical (unpaired) electrons. The predicted octanol–water partition coefficient (Wildman–Crippen LogP) is 2.75. The number of carbonyl (C=O) groups excluding carboxylic acids is 2. The van der Waals surface area contributed by atoms with Crippen molar-refractivity contribution in [3.05, 3.63) is 0 Å². The molecule has 1 aliphatic rings. The van der Waals surface area contributed by atoms with Crippen LogP contribution in [0.5, 0.6) is 0 Å². The second-order valence-corrected chi connectivity index (χ2v) is 14.4. The van der Waals surface area contributed by atoms with E-state index in [1.165, 1.54) is 6.92 Å². The van der Waals surface area contributed by atoms with Crippen molar-refractivity contribution in [2.24, 2.45) is 5.41 Å². The Morgan fingerprint density at radius 1 is 0.977 bits per heavy atom. The van der Waals surface area contributed by atoms with E-state index in [2.05, 4.69) is 10.6 Å². The second-order valence-electron chi connectivity index (χ2n) is 13.1. The van der Waals surface area contributed by atoms with Crippen LogP contribution >= 0.6 is 7.82 Å². The van der Waals surface area contributed by atoms with Gasteiger partial charge in [-0.15, -0.1) is 0 Å². The molecular weight excluding hydrogens is 587 g/mol. The molecule has 14 nitrogen and oxygen atoms in total. The summed E-state index contributed by atoms with van der Waals surface area (Å²) >= 11 is 0. The molecule has 1 unspecified atom stereocenters. The van der Waals surface area contributed by atoms with E-state index >= 15 is 0 Å². The zero-order chi connectivity index (χ0) is 32.8. The van der Waals surface area contributed by atoms with Crippen molar-refractivity contribution >= 4 is 19.8 Å². The number of alkyl carbamates (subject to hydrolysis) is 1. The van der Waals surface area contributed by atoms with Crippen molar-refractivity contribution in [3.8, 4) is 0 Å². The van der Waals surface area contributed by atoms with Crippen LogP contribution in [0.3, 0.4) is 0 Å². The minimum absolute atomic E-state index is 0.194. The summed E-state index contributed by atoms with van der Waals surface area (Å²) in [5, 5.41) is 35.0. The molecule has 1 fully saturated rings. The van der Waals surface area contributed by atoms with E-state index < -0.39 is 68.8 Å². The standard InChI is InChI=1S/C28H55N2O12P/c1-19(32)30-22-24(34)23(33)21(17-31)40-25(22)38-15-13-11-9-8-10-12-14-29-26(35)39-18-20(16-27(2,3)4)41-43(36,37)42-28(5,6)7/h20-25,31,33-34H,8-18H2,1-7H3,(H,29,35)(H,30,32)(H,36,37)/t20-,21+,22+,23-,24+,25+/m0/s1. The highest BCUT2D eigenvalue weighted by molar-refractivity contribution is 7.47. The number of carbonyl (C=O) groups is 2. The molecule has 0 spiro atoms. The van der Waals surface area contributed by atoms with Gasteiger partial charge in [0, 0.05) is 20.1 Å². The highest BCUT2D eigenvalue weighted by atomic mass is 31.2. The van der Waals surface area contributed by atoms with Gasteiger partial charge in [-0.3, -0.25) is 13.8 Å². The van der Waals surface area contributed by atoms with E-state index in [1.807, 2.05) is 20.8 Å². The fourth-order valence-electron chi connectivity index (χ4n) is 4.52. The summed E-state index contributed by atoms with van der Waals surface area (Å²) in [4.78, 5) is 33.8. The van der Waals surface area contributed by atoms with Crippen molar-refractivity contribution in [2.45, 2.75) is 136 Å². The highest BCUT2D eigenvalue weighted by Gasteiger charge is 2.45. The van der Waals surface area contributed by atoms with E-state index in [0.29, 0.717) is 26.0 Å². The topological polar surface area (TPSA) is 202 Å². The number of nitrogens with one attached hydrogen (secondary N) is 2. The molecular formula is C28H55N2O12P. The summed E-state index contributed by atoms with van der Waals surface area (Å²) in [6.07, 6.45) is -0.703. The smallest absolute Gasteiger partial charge is 0.447 e. The number of unbranched alkanes of at least 4 members (excludes halogenated alkanes) is 5. The lowest BCUT2D eigenvalue weighted by molar-refractivity contribution is -0.270. The molecule has 1 heterocycles. The average molecular weight is 643 g/mol. The summed E-state index contributed by atoms with van der Waals surface area (Å²) in [6, 6.07) is -0.953. The quantitative estimate of drug-likeness (QED) is 0.0944. The maximum absolute atomic E-state index is 12.4. The molecule has 0 bridgehead atoms. The van der Waals surface area contributed by atoms with Gasteiger partial charge in [-0.2, -0.15) is 0 Å². The van der Waals surface area contributed by atoms with Crippen LogP contribution < -0.4 is 10.6 Å². The number of aliphatic hydroxyl groups excluding tert-OH is 3. The van der Waals surface area contributed by atoms with Crippen molar-refractivity contribution in [2.75, 3.05) is 26.4 Å². The zero-order valence-corrected chi connectivity index (χ0v) is 27.6. The Morgan fingerprint density at radius 3 is 2.14 bits per heavy atom. The van der Waals surface area contributed by atoms with Gasteiger partial charge in [0.15, 0.2) is 6.29 Å². The molecule has 0 saturated carbocycles. The van der Waals surface area contributed by atoms with Crippen LogP contribution in [0, 0.1) is 5.41 Å². The van der Waals surface area contributed by atoms with Crippen LogP contribution in [-0.4, -0.2) is 101 Å². The Labute approximate surface area is 255 Å². The van der Waals surface area contributed by atoms with Gasteiger partial charge in [0.25, 0.3) is 0 Å². The molecule has 0 aliphatic carbocycles. The van der Waals surface area contributed by atoms with Crippen molar-refractivity contribution < 1.29 is 57.6 Å². The first kappa shape index (κ1) is 39.7. The van der Waals surface area contributed by atoms with Gasteiger partial charge in [-0.05, 0) is 45.4 Å². The Hall–Kier alpha value is -1.35. The lowest BCUT2D eigenvalue weighted by Gasteiger charge is -2.42. The summed E-state index contributed by atoms with van der Waals surface area (Å²) in [7, 11) is -4.35. The molecule has 254 valence electrons. The molecule has 0 aromatic rings. The third-order valence-corrected chi connectivity index (χ3v) is 7.63. The van der Waals surface area contributed by atoms with Gasteiger partial charge >= 0.3 is 13.9 Å². The Balaban J connectivity index is 2.27. The van der Waals surface area contributed by atoms with Crippen LogP contribution in [0.4, 0.5) is 4.79 Å². The number of aliphatic hydroxyl groups is 3. The lowest BCUT2D eigenvalue weighted by atomic mass is 9.89. The zero-order valence-electron chi connectivity index (χ0n) is 26.7. The van der Waals surface area contributed by atoms with Gasteiger partial charge < -0.3 is 45.1 Å². The maximum atomic E-state index is 12.4. The number of ether oxygens (including phenoxy) is 3. The SMILES string of the molecule is CC(=O)N[C@H]1[C@H](OCCCCCCCCNC(=O)OC[C@H](CC(C)(C)C)OP(=O)(O)OC(C)(C)C)O[C@H](CO)[C@H](O)[C@@H]1O. The molecule has 43 heavy (non-hydrogen) atoms. The van der Waals surface area contributed by atoms with Crippen molar-refractivity contribution in [1.82, 2.24) is 10.6 Å². The third-order valence-electron chi connectivity index (χ3n) is 6.29. The minimum atomic E-state index is -4.35. The molecule has 2 amide bonds. The van der Waals surface area contributed by atoms with E-state index in [4.69, 9.17) is 23.3 Å². The largest absolute Gasteiger partial charge is 0.473 e. The fraction of sp³-hybridized carbons (Fsp3) is 0.929. The fourth-order valence-corrected chi connectivity index (χ4v) is 5.77. The Morgan fingerprint density at radius 2 is 1.58 bits per heavy atom. The van der Waals surface area contributed by atoms with Gasteiger partial charge in [0.1, 0.15) is 37.1 Å².